The van der Waals surface area contributed by atoms with Gasteiger partial charge in [0.1, 0.15) is 0 Å². The first-order valence-electron chi connectivity index (χ1n) is 3.10. The van der Waals surface area contributed by atoms with Gasteiger partial charge in [0.2, 0.25) is 0 Å². The summed E-state index contributed by atoms with van der Waals surface area (Å²) in [5, 5.41) is 8.27. The van der Waals surface area contributed by atoms with Crippen LogP contribution in [0, 0.1) is 12.3 Å². The zero-order valence-corrected chi connectivity index (χ0v) is 5.92. The quantitative estimate of drug-likeness (QED) is 0.473. The monoisotopic (exact) mass is 138 g/mol. The molecule has 0 bridgehead atoms. The lowest BCUT2D eigenvalue weighted by Gasteiger charge is -1.91. The van der Waals surface area contributed by atoms with Crippen molar-refractivity contribution in [2.24, 2.45) is 0 Å². The minimum absolute atomic E-state index is 0.551. The topological polar surface area (TPSA) is 37.3 Å². The van der Waals surface area contributed by atoms with Crippen LogP contribution in [0.15, 0.2) is 11.6 Å². The molecule has 0 aliphatic carbocycles. The molecule has 2 heteroatoms. The van der Waals surface area contributed by atoms with Gasteiger partial charge in [0.15, 0.2) is 0 Å². The first kappa shape index (κ1) is 8.77. The van der Waals surface area contributed by atoms with Crippen LogP contribution < -0.4 is 0 Å². The Morgan fingerprint density at radius 3 is 2.70 bits per heavy atom. The minimum atomic E-state index is -0.971. The maximum Gasteiger partial charge on any atom is 0.329 e. The number of rotatable bonds is 3. The summed E-state index contributed by atoms with van der Waals surface area (Å²) in [6.07, 6.45) is 7.65. The van der Waals surface area contributed by atoms with Gasteiger partial charge in [-0.3, -0.25) is 0 Å². The lowest BCUT2D eigenvalue weighted by Crippen LogP contribution is -1.90. The van der Waals surface area contributed by atoms with E-state index in [4.69, 9.17) is 11.5 Å². The van der Waals surface area contributed by atoms with E-state index in [0.717, 1.165) is 12.5 Å². The Hall–Kier alpha value is -1.23. The molecule has 0 aliphatic rings. The highest BCUT2D eigenvalue weighted by Gasteiger charge is 1.93. The third kappa shape index (κ3) is 3.73. The summed E-state index contributed by atoms with van der Waals surface area (Å²) >= 11 is 0. The molecular weight excluding hydrogens is 128 g/mol. The molecule has 0 rings (SSSR count). The second kappa shape index (κ2) is 4.63. The third-order valence-corrected chi connectivity index (χ3v) is 1.00. The van der Waals surface area contributed by atoms with Gasteiger partial charge in [-0.05, 0) is 6.42 Å². The number of allylic oxidation sites excluding steroid dienone is 1. The summed E-state index contributed by atoms with van der Waals surface area (Å²) < 4.78 is 0. The van der Waals surface area contributed by atoms with Gasteiger partial charge >= 0.3 is 5.97 Å². The second-order valence-electron chi connectivity index (χ2n) is 1.90. The van der Waals surface area contributed by atoms with Crippen molar-refractivity contribution in [1.29, 1.82) is 0 Å². The molecule has 0 unspecified atom stereocenters. The van der Waals surface area contributed by atoms with Gasteiger partial charge in [0.25, 0.3) is 0 Å². The molecule has 0 aromatic rings. The normalized spacial score (nSPS) is 10.6. The molecule has 54 valence electrons. The molecule has 0 heterocycles. The van der Waals surface area contributed by atoms with Crippen molar-refractivity contribution in [3.63, 3.8) is 0 Å². The van der Waals surface area contributed by atoms with Crippen LogP contribution in [0.1, 0.15) is 19.8 Å². The summed E-state index contributed by atoms with van der Waals surface area (Å²) in [4.78, 5) is 10.1. The molecule has 0 atom stereocenters. The van der Waals surface area contributed by atoms with Crippen molar-refractivity contribution in [3.8, 4) is 12.3 Å². The van der Waals surface area contributed by atoms with Crippen molar-refractivity contribution in [1.82, 2.24) is 0 Å². The van der Waals surface area contributed by atoms with Crippen LogP contribution in [-0.2, 0) is 4.79 Å². The van der Waals surface area contributed by atoms with Crippen LogP contribution in [0.2, 0.25) is 0 Å². The average Bonchev–Trinajstić information content (AvgIpc) is 1.86. The molecule has 10 heavy (non-hydrogen) atoms. The van der Waals surface area contributed by atoms with E-state index in [9.17, 15) is 4.79 Å². The molecule has 0 fully saturated rings. The lowest BCUT2D eigenvalue weighted by molar-refractivity contribution is -0.131. The second-order valence-corrected chi connectivity index (χ2v) is 1.90. The standard InChI is InChI=1S/C8H10O2/c1-3-5-7(4-2)6-8(9)10/h2,6H,3,5H2,1H3,(H,9,10)/b7-6+. The van der Waals surface area contributed by atoms with E-state index in [1.807, 2.05) is 6.92 Å². The minimum Gasteiger partial charge on any atom is -0.478 e. The highest BCUT2D eigenvalue weighted by Crippen LogP contribution is 2.01. The molecule has 0 aromatic heterocycles. The maximum absolute atomic E-state index is 10.1. The molecule has 0 saturated heterocycles. The zero-order valence-electron chi connectivity index (χ0n) is 5.92. The predicted octanol–water partition coefficient (Wildman–Crippen LogP) is 1.43. The third-order valence-electron chi connectivity index (χ3n) is 1.00. The number of carboxylic acid groups (broad SMARTS) is 1. The van der Waals surface area contributed by atoms with Crippen LogP contribution in [0.25, 0.3) is 0 Å². The van der Waals surface area contributed by atoms with Crippen LogP contribution in [-0.4, -0.2) is 11.1 Å². The molecule has 0 aromatic carbocycles. The van der Waals surface area contributed by atoms with Crippen molar-refractivity contribution < 1.29 is 9.90 Å². The molecular formula is C8H10O2. The molecule has 0 saturated carbocycles. The Kier molecular flexibility index (Phi) is 4.06. The first-order valence-corrected chi connectivity index (χ1v) is 3.10. The van der Waals surface area contributed by atoms with Crippen LogP contribution in [0.3, 0.4) is 0 Å². The fourth-order valence-corrected chi connectivity index (χ4v) is 0.604. The first-order chi connectivity index (χ1) is 4.70. The van der Waals surface area contributed by atoms with Crippen molar-refractivity contribution in [2.75, 3.05) is 0 Å². The van der Waals surface area contributed by atoms with Crippen molar-refractivity contribution in [3.05, 3.63) is 11.6 Å². The van der Waals surface area contributed by atoms with Gasteiger partial charge in [0.05, 0.1) is 0 Å². The highest BCUT2D eigenvalue weighted by atomic mass is 16.4. The zero-order chi connectivity index (χ0) is 7.98. The fraction of sp³-hybridized carbons (Fsp3) is 0.375. The number of aliphatic carboxylic acids is 1. The van der Waals surface area contributed by atoms with Crippen molar-refractivity contribution >= 4 is 5.97 Å². The number of hydrogen-bond donors (Lipinski definition) is 1. The Balaban J connectivity index is 4.08. The van der Waals surface area contributed by atoms with Crippen LogP contribution in [0.5, 0.6) is 0 Å². The Labute approximate surface area is 60.6 Å². The fourth-order valence-electron chi connectivity index (χ4n) is 0.604. The van der Waals surface area contributed by atoms with Gasteiger partial charge in [-0.25, -0.2) is 4.79 Å². The SMILES string of the molecule is C#C/C(=C\C(=O)O)CCC. The van der Waals surface area contributed by atoms with Gasteiger partial charge < -0.3 is 5.11 Å². The average molecular weight is 138 g/mol. The van der Waals surface area contributed by atoms with Crippen LogP contribution in [0.4, 0.5) is 0 Å². The van der Waals surface area contributed by atoms with E-state index in [1.54, 1.807) is 0 Å². The number of carboxylic acids is 1. The molecule has 0 spiro atoms. The number of carbonyl (C=O) groups is 1. The van der Waals surface area contributed by atoms with Crippen molar-refractivity contribution in [2.45, 2.75) is 19.8 Å². The van der Waals surface area contributed by atoms with E-state index in [1.165, 1.54) is 0 Å². The van der Waals surface area contributed by atoms with E-state index < -0.39 is 5.97 Å². The molecule has 2 nitrogen and oxygen atoms in total. The van der Waals surface area contributed by atoms with Gasteiger partial charge in [-0.2, -0.15) is 0 Å². The Morgan fingerprint density at radius 2 is 2.40 bits per heavy atom. The molecule has 0 amide bonds. The van der Waals surface area contributed by atoms with E-state index in [-0.39, 0.29) is 0 Å². The summed E-state index contributed by atoms with van der Waals surface area (Å²) in [6.45, 7) is 1.95. The van der Waals surface area contributed by atoms with Crippen LogP contribution >= 0.6 is 0 Å². The summed E-state index contributed by atoms with van der Waals surface area (Å²) in [7, 11) is 0. The number of hydrogen-bond acceptors (Lipinski definition) is 1. The van der Waals surface area contributed by atoms with E-state index >= 15 is 0 Å². The van der Waals surface area contributed by atoms with E-state index in [2.05, 4.69) is 5.92 Å². The van der Waals surface area contributed by atoms with Gasteiger partial charge in [-0.15, -0.1) is 6.42 Å². The highest BCUT2D eigenvalue weighted by molar-refractivity contribution is 5.81. The lowest BCUT2D eigenvalue weighted by atomic mass is 10.1. The molecule has 1 N–H and O–H groups in total. The predicted molar refractivity (Wildman–Crippen MR) is 39.5 cm³/mol. The molecule has 0 radical (unpaired) electrons. The molecule has 0 aliphatic heterocycles. The largest absolute Gasteiger partial charge is 0.478 e. The van der Waals surface area contributed by atoms with E-state index in [0.29, 0.717) is 12.0 Å². The Bertz CT molecular complexity index is 184. The summed E-state index contributed by atoms with van der Waals surface area (Å²) in [6, 6.07) is 0. The van der Waals surface area contributed by atoms with Gasteiger partial charge in [-0.1, -0.05) is 19.3 Å². The summed E-state index contributed by atoms with van der Waals surface area (Å²) in [5.41, 5.74) is 0.551. The number of terminal acetylenes is 1. The smallest absolute Gasteiger partial charge is 0.329 e. The Morgan fingerprint density at radius 1 is 1.80 bits per heavy atom. The maximum atomic E-state index is 10.1. The summed E-state index contributed by atoms with van der Waals surface area (Å²) in [5.74, 6) is 1.34. The van der Waals surface area contributed by atoms with Gasteiger partial charge in [0, 0.05) is 11.6 Å².